The number of hydrogen-bond acceptors (Lipinski definition) is 4. The molecular weight excluding hydrogens is 288 g/mol. The molecule has 0 radical (unpaired) electrons. The molecule has 5 heteroatoms. The van der Waals surface area contributed by atoms with Crippen LogP contribution in [0, 0.1) is 11.8 Å². The van der Waals surface area contributed by atoms with Crippen molar-refractivity contribution in [3.8, 4) is 0 Å². The molecule has 0 bridgehead atoms. The van der Waals surface area contributed by atoms with Crippen LogP contribution in [0.5, 0.6) is 0 Å². The Morgan fingerprint density at radius 2 is 1.91 bits per heavy atom. The second-order valence-electron chi connectivity index (χ2n) is 6.56. The van der Waals surface area contributed by atoms with Gasteiger partial charge in [0.2, 0.25) is 0 Å². The number of amides is 1. The number of likely N-dealkylation sites (tertiary alicyclic amines) is 2. The Balaban J connectivity index is 1.55. The molecule has 23 heavy (non-hydrogen) atoms. The zero-order chi connectivity index (χ0) is 15.8. The molecule has 5 nitrogen and oxygen atoms in total. The predicted octanol–water partition coefficient (Wildman–Crippen LogP) is 1.85. The van der Waals surface area contributed by atoms with Crippen molar-refractivity contribution < 1.29 is 4.79 Å². The molecular formula is C18H20N4O. The fourth-order valence-electron chi connectivity index (χ4n) is 4.18. The van der Waals surface area contributed by atoms with Crippen LogP contribution in [0.3, 0.4) is 0 Å². The summed E-state index contributed by atoms with van der Waals surface area (Å²) in [6.45, 7) is 2.69. The number of hydrogen-bond donors (Lipinski definition) is 0. The lowest BCUT2D eigenvalue weighted by Gasteiger charge is -2.26. The molecule has 0 unspecified atom stereocenters. The lowest BCUT2D eigenvalue weighted by Crippen LogP contribution is -2.33. The van der Waals surface area contributed by atoms with E-state index in [2.05, 4.69) is 52.5 Å². The van der Waals surface area contributed by atoms with Crippen molar-refractivity contribution in [1.29, 1.82) is 0 Å². The first-order chi connectivity index (χ1) is 11.2. The fourth-order valence-corrected chi connectivity index (χ4v) is 4.18. The van der Waals surface area contributed by atoms with Gasteiger partial charge in [-0.15, -0.1) is 0 Å². The Kier molecular flexibility index (Phi) is 3.58. The third-order valence-electron chi connectivity index (χ3n) is 5.15. The third-order valence-corrected chi connectivity index (χ3v) is 5.15. The zero-order valence-electron chi connectivity index (χ0n) is 13.2. The molecule has 0 saturated carbocycles. The van der Waals surface area contributed by atoms with E-state index >= 15 is 0 Å². The molecule has 2 aromatic rings. The minimum atomic E-state index is 0.0729. The second kappa shape index (κ2) is 5.74. The average Bonchev–Trinajstić information content (AvgIpc) is 3.12. The van der Waals surface area contributed by atoms with Crippen LogP contribution in [-0.4, -0.2) is 52.6 Å². The predicted molar refractivity (Wildman–Crippen MR) is 86.7 cm³/mol. The molecule has 3 heterocycles. The molecule has 0 aliphatic carbocycles. The molecule has 118 valence electrons. The summed E-state index contributed by atoms with van der Waals surface area (Å²) in [6, 6.07) is 12.8. The van der Waals surface area contributed by atoms with Gasteiger partial charge < -0.3 is 4.90 Å². The van der Waals surface area contributed by atoms with Crippen LogP contribution in [0.25, 0.3) is 0 Å². The van der Waals surface area contributed by atoms with E-state index in [1.807, 2.05) is 4.90 Å². The summed E-state index contributed by atoms with van der Waals surface area (Å²) in [6.07, 6.45) is 3.13. The summed E-state index contributed by atoms with van der Waals surface area (Å²) in [5.74, 6) is 1.12. The van der Waals surface area contributed by atoms with Gasteiger partial charge in [-0.05, 0) is 24.6 Å². The van der Waals surface area contributed by atoms with Gasteiger partial charge in [-0.2, -0.15) is 10.2 Å². The van der Waals surface area contributed by atoms with Crippen molar-refractivity contribution in [2.24, 2.45) is 11.8 Å². The monoisotopic (exact) mass is 308 g/mol. The fraction of sp³-hybridized carbons (Fsp3) is 0.389. The highest BCUT2D eigenvalue weighted by atomic mass is 16.2. The van der Waals surface area contributed by atoms with Crippen molar-refractivity contribution >= 4 is 5.91 Å². The molecule has 1 aromatic carbocycles. The summed E-state index contributed by atoms with van der Waals surface area (Å²) in [5, 5.41) is 7.56. The first-order valence-corrected chi connectivity index (χ1v) is 8.05. The van der Waals surface area contributed by atoms with Crippen LogP contribution in [0.4, 0.5) is 0 Å². The molecule has 2 aliphatic heterocycles. The van der Waals surface area contributed by atoms with Gasteiger partial charge in [-0.25, -0.2) is 0 Å². The second-order valence-corrected chi connectivity index (χ2v) is 6.56. The molecule has 2 saturated heterocycles. The van der Waals surface area contributed by atoms with E-state index < -0.39 is 0 Å². The third kappa shape index (κ3) is 2.51. The largest absolute Gasteiger partial charge is 0.338 e. The van der Waals surface area contributed by atoms with Crippen LogP contribution in [-0.2, 0) is 0 Å². The van der Waals surface area contributed by atoms with Gasteiger partial charge >= 0.3 is 0 Å². The number of carbonyl (C=O) groups excluding carboxylic acids is 1. The SMILES string of the molecule is CN1C[C@H]2CN(C(=O)c3ccnnc3)C[C@H]2[C@@H]1c1ccccc1. The van der Waals surface area contributed by atoms with E-state index in [1.54, 1.807) is 18.5 Å². The maximum absolute atomic E-state index is 12.6. The van der Waals surface area contributed by atoms with Crippen LogP contribution in [0.2, 0.25) is 0 Å². The molecule has 1 aromatic heterocycles. The Hall–Kier alpha value is -2.27. The van der Waals surface area contributed by atoms with E-state index in [0.717, 1.165) is 19.6 Å². The van der Waals surface area contributed by atoms with Crippen molar-refractivity contribution in [3.63, 3.8) is 0 Å². The highest BCUT2D eigenvalue weighted by molar-refractivity contribution is 5.94. The first-order valence-electron chi connectivity index (χ1n) is 8.05. The molecule has 0 N–H and O–H groups in total. The Morgan fingerprint density at radius 1 is 1.09 bits per heavy atom. The molecule has 3 atom stereocenters. The number of rotatable bonds is 2. The highest BCUT2D eigenvalue weighted by Gasteiger charge is 2.47. The average molecular weight is 308 g/mol. The molecule has 2 aliphatic rings. The number of aromatic nitrogens is 2. The minimum Gasteiger partial charge on any atom is -0.338 e. The topological polar surface area (TPSA) is 49.3 Å². The van der Waals surface area contributed by atoms with Crippen LogP contribution < -0.4 is 0 Å². The van der Waals surface area contributed by atoms with Gasteiger partial charge in [0.05, 0.1) is 18.0 Å². The van der Waals surface area contributed by atoms with E-state index in [9.17, 15) is 4.79 Å². The van der Waals surface area contributed by atoms with E-state index in [-0.39, 0.29) is 5.91 Å². The smallest absolute Gasteiger partial charge is 0.255 e. The van der Waals surface area contributed by atoms with Crippen molar-refractivity contribution in [3.05, 3.63) is 59.9 Å². The van der Waals surface area contributed by atoms with Gasteiger partial charge in [-0.3, -0.25) is 9.69 Å². The van der Waals surface area contributed by atoms with Gasteiger partial charge in [0.1, 0.15) is 0 Å². The molecule has 0 spiro atoms. The number of benzene rings is 1. The lowest BCUT2D eigenvalue weighted by atomic mass is 9.90. The summed E-state index contributed by atoms with van der Waals surface area (Å²) < 4.78 is 0. The quantitative estimate of drug-likeness (QED) is 0.849. The Labute approximate surface area is 135 Å². The highest BCUT2D eigenvalue weighted by Crippen LogP contribution is 2.44. The van der Waals surface area contributed by atoms with E-state index in [4.69, 9.17) is 0 Å². The number of carbonyl (C=O) groups is 1. The summed E-state index contributed by atoms with van der Waals surface area (Å²) in [7, 11) is 2.19. The maximum Gasteiger partial charge on any atom is 0.255 e. The van der Waals surface area contributed by atoms with Gasteiger partial charge in [0.15, 0.2) is 0 Å². The summed E-state index contributed by atoms with van der Waals surface area (Å²) in [4.78, 5) is 17.1. The van der Waals surface area contributed by atoms with Crippen molar-refractivity contribution in [2.45, 2.75) is 6.04 Å². The van der Waals surface area contributed by atoms with E-state index in [1.165, 1.54) is 5.56 Å². The van der Waals surface area contributed by atoms with Crippen LogP contribution >= 0.6 is 0 Å². The Morgan fingerprint density at radius 3 is 2.65 bits per heavy atom. The standard InChI is InChI=1S/C18H20N4O/c1-21-10-15-11-22(18(23)14-7-8-19-20-9-14)12-16(15)17(21)13-5-3-2-4-6-13/h2-9,15-17H,10-12H2,1H3/t15-,16+,17-/m0/s1. The summed E-state index contributed by atoms with van der Waals surface area (Å²) in [5.41, 5.74) is 1.98. The van der Waals surface area contributed by atoms with Gasteiger partial charge in [0, 0.05) is 31.6 Å². The number of nitrogens with zero attached hydrogens (tertiary/aromatic N) is 4. The van der Waals surface area contributed by atoms with Crippen molar-refractivity contribution in [2.75, 3.05) is 26.7 Å². The first kappa shape index (κ1) is 14.3. The molecule has 1 amide bonds. The normalized spacial score (nSPS) is 27.2. The summed E-state index contributed by atoms with van der Waals surface area (Å²) >= 11 is 0. The zero-order valence-corrected chi connectivity index (χ0v) is 13.2. The maximum atomic E-state index is 12.6. The Bertz CT molecular complexity index is 691. The molecule has 4 rings (SSSR count). The minimum absolute atomic E-state index is 0.0729. The number of fused-ring (bicyclic) bond motifs is 1. The van der Waals surface area contributed by atoms with Crippen molar-refractivity contribution in [1.82, 2.24) is 20.0 Å². The van der Waals surface area contributed by atoms with Gasteiger partial charge in [-0.1, -0.05) is 30.3 Å². The lowest BCUT2D eigenvalue weighted by molar-refractivity contribution is 0.0767. The van der Waals surface area contributed by atoms with E-state index in [0.29, 0.717) is 23.4 Å². The van der Waals surface area contributed by atoms with Gasteiger partial charge in [0.25, 0.3) is 5.91 Å². The van der Waals surface area contributed by atoms with Crippen LogP contribution in [0.1, 0.15) is 22.0 Å². The van der Waals surface area contributed by atoms with Crippen LogP contribution in [0.15, 0.2) is 48.8 Å². The molecule has 2 fully saturated rings.